The van der Waals surface area contributed by atoms with Gasteiger partial charge in [0, 0.05) is 19.1 Å². The van der Waals surface area contributed by atoms with Crippen molar-refractivity contribution >= 4 is 15.9 Å². The van der Waals surface area contributed by atoms with Gasteiger partial charge < -0.3 is 14.4 Å². The summed E-state index contributed by atoms with van der Waals surface area (Å²) in [6.07, 6.45) is 0.517. The lowest BCUT2D eigenvalue weighted by atomic mass is 10.1. The number of rotatable bonds is 7. The minimum atomic E-state index is -3.61. The molecule has 1 saturated heterocycles. The molecule has 1 fully saturated rings. The van der Waals surface area contributed by atoms with Crippen LogP contribution in [0.2, 0.25) is 0 Å². The molecule has 1 heterocycles. The Morgan fingerprint density at radius 2 is 1.66 bits per heavy atom. The summed E-state index contributed by atoms with van der Waals surface area (Å²) >= 11 is 0. The van der Waals surface area contributed by atoms with E-state index in [1.54, 1.807) is 24.0 Å². The van der Waals surface area contributed by atoms with Crippen LogP contribution in [0.5, 0.6) is 11.5 Å². The Hall–Kier alpha value is -2.58. The number of carbonyl (C=O) groups is 1. The molecule has 0 spiro atoms. The summed E-state index contributed by atoms with van der Waals surface area (Å²) in [7, 11) is -2.08. The first-order chi connectivity index (χ1) is 13.9. The van der Waals surface area contributed by atoms with Gasteiger partial charge in [-0.05, 0) is 56.2 Å². The molecule has 1 aliphatic rings. The molecule has 29 heavy (non-hydrogen) atoms. The zero-order valence-electron chi connectivity index (χ0n) is 16.6. The topological polar surface area (TPSA) is 84.9 Å². The second-order valence-electron chi connectivity index (χ2n) is 6.97. The van der Waals surface area contributed by atoms with Gasteiger partial charge in [-0.25, -0.2) is 13.1 Å². The monoisotopic (exact) mass is 418 g/mol. The number of likely N-dealkylation sites (tertiary alicyclic amines) is 1. The average molecular weight is 419 g/mol. The minimum absolute atomic E-state index is 0.0923. The number of piperidine rings is 1. The maximum atomic E-state index is 12.6. The molecule has 8 heteroatoms. The average Bonchev–Trinajstić information content (AvgIpc) is 2.74. The van der Waals surface area contributed by atoms with Crippen molar-refractivity contribution in [2.45, 2.75) is 36.8 Å². The van der Waals surface area contributed by atoms with Crippen molar-refractivity contribution in [3.63, 3.8) is 0 Å². The van der Waals surface area contributed by atoms with E-state index in [4.69, 9.17) is 9.47 Å². The number of para-hydroxylation sites is 1. The molecule has 3 rings (SSSR count). The number of methoxy groups -OCH3 is 1. The van der Waals surface area contributed by atoms with Crippen LogP contribution < -0.4 is 14.2 Å². The normalized spacial score (nSPS) is 16.3. The fourth-order valence-corrected chi connectivity index (χ4v) is 4.58. The number of benzene rings is 2. The van der Waals surface area contributed by atoms with Crippen LogP contribution in [0.25, 0.3) is 0 Å². The van der Waals surface area contributed by atoms with Crippen molar-refractivity contribution in [1.29, 1.82) is 0 Å². The van der Waals surface area contributed by atoms with E-state index in [2.05, 4.69) is 4.72 Å². The number of hydrogen-bond acceptors (Lipinski definition) is 5. The molecule has 156 valence electrons. The summed E-state index contributed by atoms with van der Waals surface area (Å²) in [5.41, 5.74) is 0. The molecule has 1 aliphatic heterocycles. The van der Waals surface area contributed by atoms with E-state index in [0.29, 0.717) is 37.4 Å². The molecular formula is C21H26N2O5S. The number of sulfonamides is 1. The SMILES string of the molecule is COc1ccc(S(=O)(=O)NC2CCN(C(=O)C(C)Oc3ccccc3)CC2)cc1. The van der Waals surface area contributed by atoms with Gasteiger partial charge in [0.1, 0.15) is 11.5 Å². The summed E-state index contributed by atoms with van der Waals surface area (Å²) in [4.78, 5) is 14.6. The van der Waals surface area contributed by atoms with E-state index in [0.717, 1.165) is 0 Å². The van der Waals surface area contributed by atoms with E-state index < -0.39 is 16.1 Å². The third-order valence-corrected chi connectivity index (χ3v) is 6.44. The van der Waals surface area contributed by atoms with Crippen molar-refractivity contribution in [1.82, 2.24) is 9.62 Å². The Bertz CT molecular complexity index is 908. The molecule has 1 amide bonds. The van der Waals surface area contributed by atoms with Gasteiger partial charge in [-0.2, -0.15) is 0 Å². The number of hydrogen-bond donors (Lipinski definition) is 1. The van der Waals surface area contributed by atoms with Gasteiger partial charge in [0.2, 0.25) is 10.0 Å². The van der Waals surface area contributed by atoms with E-state index in [1.165, 1.54) is 19.2 Å². The second-order valence-corrected chi connectivity index (χ2v) is 8.68. The highest BCUT2D eigenvalue weighted by atomic mass is 32.2. The molecule has 2 aromatic rings. The Morgan fingerprint density at radius 1 is 1.03 bits per heavy atom. The molecule has 7 nitrogen and oxygen atoms in total. The van der Waals surface area contributed by atoms with Crippen molar-refractivity contribution in [3.8, 4) is 11.5 Å². The molecule has 1 N–H and O–H groups in total. The third-order valence-electron chi connectivity index (χ3n) is 4.90. The van der Waals surface area contributed by atoms with Crippen molar-refractivity contribution in [2.24, 2.45) is 0 Å². The quantitative estimate of drug-likeness (QED) is 0.747. The molecule has 0 saturated carbocycles. The fourth-order valence-electron chi connectivity index (χ4n) is 3.27. The van der Waals surface area contributed by atoms with Crippen molar-refractivity contribution < 1.29 is 22.7 Å². The summed E-state index contributed by atoms with van der Waals surface area (Å²) in [6, 6.07) is 15.3. The number of nitrogens with one attached hydrogen (secondary N) is 1. The first-order valence-electron chi connectivity index (χ1n) is 9.56. The van der Waals surface area contributed by atoms with Crippen LogP contribution in [0, 0.1) is 0 Å². The van der Waals surface area contributed by atoms with Gasteiger partial charge >= 0.3 is 0 Å². The zero-order chi connectivity index (χ0) is 20.9. The van der Waals surface area contributed by atoms with Crippen LogP contribution in [0.1, 0.15) is 19.8 Å². The molecule has 1 unspecified atom stereocenters. The van der Waals surface area contributed by atoms with Gasteiger partial charge in [0.15, 0.2) is 6.10 Å². The van der Waals surface area contributed by atoms with Crippen molar-refractivity contribution in [3.05, 3.63) is 54.6 Å². The smallest absolute Gasteiger partial charge is 0.263 e. The molecular weight excluding hydrogens is 392 g/mol. The second kappa shape index (κ2) is 9.28. The van der Waals surface area contributed by atoms with E-state index in [9.17, 15) is 13.2 Å². The highest BCUT2D eigenvalue weighted by molar-refractivity contribution is 7.89. The van der Waals surface area contributed by atoms with Crippen LogP contribution in [0.15, 0.2) is 59.5 Å². The van der Waals surface area contributed by atoms with Gasteiger partial charge in [0.05, 0.1) is 12.0 Å². The summed E-state index contributed by atoms with van der Waals surface area (Å²) in [5, 5.41) is 0. The standard InChI is InChI=1S/C21H26N2O5S/c1-16(28-19-6-4-3-5-7-19)21(24)23-14-12-17(13-15-23)22-29(25,26)20-10-8-18(27-2)9-11-20/h3-11,16-17,22H,12-15H2,1-2H3. The Labute approximate surface area is 171 Å². The highest BCUT2D eigenvalue weighted by Crippen LogP contribution is 2.19. The molecule has 0 aromatic heterocycles. The summed E-state index contributed by atoms with van der Waals surface area (Å²) in [6.45, 7) is 2.70. The van der Waals surface area contributed by atoms with Crippen LogP contribution in [-0.4, -0.2) is 51.6 Å². The van der Waals surface area contributed by atoms with E-state index in [1.807, 2.05) is 30.3 Å². The van der Waals surface area contributed by atoms with E-state index in [-0.39, 0.29) is 16.8 Å². The first-order valence-corrected chi connectivity index (χ1v) is 11.0. The first kappa shape index (κ1) is 21.1. The molecule has 0 bridgehead atoms. The fraction of sp³-hybridized carbons (Fsp3) is 0.381. The van der Waals surface area contributed by atoms with Gasteiger partial charge in [-0.15, -0.1) is 0 Å². The molecule has 0 aliphatic carbocycles. The predicted octanol–water partition coefficient (Wildman–Crippen LogP) is 2.43. The lowest BCUT2D eigenvalue weighted by molar-refractivity contribution is -0.139. The number of nitrogens with zero attached hydrogens (tertiary/aromatic N) is 1. The lowest BCUT2D eigenvalue weighted by Crippen LogP contribution is -2.49. The minimum Gasteiger partial charge on any atom is -0.497 e. The number of ether oxygens (including phenoxy) is 2. The lowest BCUT2D eigenvalue weighted by Gasteiger charge is -2.33. The Balaban J connectivity index is 1.52. The summed E-state index contributed by atoms with van der Waals surface area (Å²) < 4.78 is 38.6. The number of amides is 1. The molecule has 0 radical (unpaired) electrons. The maximum Gasteiger partial charge on any atom is 0.263 e. The number of carbonyl (C=O) groups excluding carboxylic acids is 1. The Kier molecular flexibility index (Phi) is 6.76. The van der Waals surface area contributed by atoms with Crippen molar-refractivity contribution in [2.75, 3.05) is 20.2 Å². The highest BCUT2D eigenvalue weighted by Gasteiger charge is 2.29. The van der Waals surface area contributed by atoms with Gasteiger partial charge in [-0.1, -0.05) is 18.2 Å². The van der Waals surface area contributed by atoms with Gasteiger partial charge in [0.25, 0.3) is 5.91 Å². The van der Waals surface area contributed by atoms with E-state index >= 15 is 0 Å². The Morgan fingerprint density at radius 3 is 2.24 bits per heavy atom. The molecule has 1 atom stereocenters. The maximum absolute atomic E-state index is 12.6. The van der Waals surface area contributed by atoms with Crippen LogP contribution in [-0.2, 0) is 14.8 Å². The van der Waals surface area contributed by atoms with Crippen LogP contribution in [0.3, 0.4) is 0 Å². The van der Waals surface area contributed by atoms with Crippen LogP contribution >= 0.6 is 0 Å². The third kappa shape index (κ3) is 5.48. The molecule has 2 aromatic carbocycles. The predicted molar refractivity (Wildman–Crippen MR) is 109 cm³/mol. The summed E-state index contributed by atoms with van der Waals surface area (Å²) in [5.74, 6) is 1.16. The van der Waals surface area contributed by atoms with Crippen LogP contribution in [0.4, 0.5) is 0 Å². The largest absolute Gasteiger partial charge is 0.497 e. The van der Waals surface area contributed by atoms with Gasteiger partial charge in [-0.3, -0.25) is 4.79 Å². The zero-order valence-corrected chi connectivity index (χ0v) is 17.4.